The summed E-state index contributed by atoms with van der Waals surface area (Å²) in [7, 11) is 0. The number of nitrogens with zero attached hydrogens (tertiary/aromatic N) is 1. The van der Waals surface area contributed by atoms with E-state index in [4.69, 9.17) is 10.1 Å². The Kier molecular flexibility index (Phi) is 8.43. The van der Waals surface area contributed by atoms with Crippen molar-refractivity contribution in [2.24, 2.45) is 0 Å². The molecular formula is AgNO3S. The van der Waals surface area contributed by atoms with Crippen molar-refractivity contribution in [3.05, 3.63) is 10.1 Å². The van der Waals surface area contributed by atoms with Crippen molar-refractivity contribution in [3.63, 3.8) is 0 Å². The molecule has 0 heterocycles. The third kappa shape index (κ3) is 8.85. The van der Waals surface area contributed by atoms with Gasteiger partial charge in [0.25, 0.3) is 5.09 Å². The number of hydrogen-bond acceptors (Lipinski definition) is 4. The van der Waals surface area contributed by atoms with E-state index in [-0.39, 0.29) is 22.4 Å². The van der Waals surface area contributed by atoms with Crippen LogP contribution in [0.2, 0.25) is 0 Å². The summed E-state index contributed by atoms with van der Waals surface area (Å²) in [5.41, 5.74) is 0. The molecular weight excluding hydrogens is 202 g/mol. The molecule has 6 heteroatoms. The zero-order valence-electron chi connectivity index (χ0n) is 2.38. The molecule has 0 aliphatic carbocycles. The molecule has 0 atom stereocenters. The van der Waals surface area contributed by atoms with Gasteiger partial charge in [-0.15, -0.1) is 10.1 Å². The van der Waals surface area contributed by atoms with Gasteiger partial charge >= 0.3 is 22.4 Å². The fraction of sp³-hybridized carbons (Fsp3) is 0. The molecule has 0 rings (SSSR count). The first-order valence-electron chi connectivity index (χ1n) is 0.714. The van der Waals surface area contributed by atoms with Crippen LogP contribution < -0.4 is 0 Å². The summed E-state index contributed by atoms with van der Waals surface area (Å²) in [6.45, 7) is 0. The molecule has 0 aliphatic heterocycles. The van der Waals surface area contributed by atoms with E-state index in [0.717, 1.165) is 0 Å². The Morgan fingerprint density at radius 1 is 1.83 bits per heavy atom. The van der Waals surface area contributed by atoms with Gasteiger partial charge in [-0.25, -0.2) is 0 Å². The molecule has 0 spiro atoms. The van der Waals surface area contributed by atoms with Crippen LogP contribution in [0, 0.1) is 10.1 Å². The second-order valence-corrected chi connectivity index (χ2v) is 0.447. The first-order valence-corrected chi connectivity index (χ1v) is 1.05. The van der Waals surface area contributed by atoms with Crippen LogP contribution in [0.4, 0.5) is 0 Å². The molecule has 40 valence electrons. The molecule has 0 N–H and O–H groups in total. The minimum Gasteiger partial charge on any atom is -0.585 e. The normalized spacial score (nSPS) is 5.50. The second-order valence-electron chi connectivity index (χ2n) is 0.298. The summed E-state index contributed by atoms with van der Waals surface area (Å²) in [5.74, 6) is 0. The van der Waals surface area contributed by atoms with E-state index in [1.165, 1.54) is 0 Å². The van der Waals surface area contributed by atoms with Crippen LogP contribution in [0.5, 0.6) is 0 Å². The maximum absolute atomic E-state index is 8.85. The van der Waals surface area contributed by atoms with Gasteiger partial charge in [0, 0.05) is 0 Å². The van der Waals surface area contributed by atoms with Gasteiger partial charge in [0.15, 0.2) is 0 Å². The minimum absolute atomic E-state index is 0. The van der Waals surface area contributed by atoms with Crippen LogP contribution in [0.25, 0.3) is 0 Å². The van der Waals surface area contributed by atoms with Crippen LogP contribution in [-0.2, 0) is 39.6 Å². The predicted octanol–water partition coefficient (Wildman–Crippen LogP) is -0.346. The van der Waals surface area contributed by atoms with Gasteiger partial charge in [-0.1, -0.05) is 0 Å². The zero-order valence-corrected chi connectivity index (χ0v) is 4.68. The van der Waals surface area contributed by atoms with Crippen molar-refractivity contribution in [2.45, 2.75) is 0 Å². The zero-order chi connectivity index (χ0) is 4.28. The maximum atomic E-state index is 8.85. The molecule has 0 radical (unpaired) electrons. The smallest absolute Gasteiger partial charge is 0.585 e. The van der Waals surface area contributed by atoms with Gasteiger partial charge in [-0.05, 0) is 0 Å². The predicted molar refractivity (Wildman–Crippen MR) is 15.4 cm³/mol. The monoisotopic (exact) mass is 201 g/mol. The first-order chi connectivity index (χ1) is 2.27. The van der Waals surface area contributed by atoms with E-state index in [1.807, 2.05) is 0 Å². The molecule has 0 saturated heterocycles. The van der Waals surface area contributed by atoms with Gasteiger partial charge in [-0.2, -0.15) is 0 Å². The summed E-state index contributed by atoms with van der Waals surface area (Å²) in [4.78, 5) is 8.85. The van der Waals surface area contributed by atoms with Crippen molar-refractivity contribution < 1.29 is 31.8 Å². The molecule has 0 saturated carbocycles. The largest absolute Gasteiger partial charge is 1.00 e. The molecule has 0 bridgehead atoms. The summed E-state index contributed by atoms with van der Waals surface area (Å²) < 4.78 is 3.06. The SMILES string of the molecule is O=[N+]([O-])O[S-].[Ag+]. The summed E-state index contributed by atoms with van der Waals surface area (Å²) in [6.07, 6.45) is 0. The van der Waals surface area contributed by atoms with Crippen LogP contribution in [0.1, 0.15) is 0 Å². The first kappa shape index (κ1) is 9.56. The van der Waals surface area contributed by atoms with Crippen molar-refractivity contribution in [1.82, 2.24) is 0 Å². The third-order valence-electron chi connectivity index (χ3n) is 0.0609. The summed E-state index contributed by atoms with van der Waals surface area (Å²) in [5, 5.41) is 7.79. The minimum atomic E-state index is -1.06. The van der Waals surface area contributed by atoms with E-state index in [0.29, 0.717) is 0 Å². The second kappa shape index (κ2) is 5.29. The number of hydrogen-bond donors (Lipinski definition) is 0. The average Bonchev–Trinajstić information content (AvgIpc) is 1.38. The fourth-order valence-electron chi connectivity index (χ4n) is 0. The van der Waals surface area contributed by atoms with E-state index in [9.17, 15) is 0 Å². The van der Waals surface area contributed by atoms with E-state index in [2.05, 4.69) is 17.2 Å². The molecule has 0 aromatic carbocycles. The molecule has 6 heavy (non-hydrogen) atoms. The van der Waals surface area contributed by atoms with Crippen LogP contribution in [0.3, 0.4) is 0 Å². The Morgan fingerprint density at radius 3 is 2.00 bits per heavy atom. The van der Waals surface area contributed by atoms with Crippen molar-refractivity contribution in [1.29, 1.82) is 0 Å². The Bertz CT molecular complexity index is 46.1. The van der Waals surface area contributed by atoms with Crippen molar-refractivity contribution in [2.75, 3.05) is 0 Å². The van der Waals surface area contributed by atoms with E-state index in [1.54, 1.807) is 0 Å². The van der Waals surface area contributed by atoms with Gasteiger partial charge < -0.3 is 17.2 Å². The topological polar surface area (TPSA) is 52.4 Å². The molecule has 0 aliphatic rings. The molecule has 0 fully saturated rings. The average molecular weight is 202 g/mol. The Balaban J connectivity index is 0. The Morgan fingerprint density at radius 2 is 2.00 bits per heavy atom. The van der Waals surface area contributed by atoms with Gasteiger partial charge in [0.2, 0.25) is 0 Å². The molecule has 0 unspecified atom stereocenters. The molecule has 0 amide bonds. The number of rotatable bonds is 1. The molecule has 0 aromatic heterocycles. The van der Waals surface area contributed by atoms with Crippen LogP contribution in [0.15, 0.2) is 0 Å². The van der Waals surface area contributed by atoms with Crippen molar-refractivity contribution in [3.8, 4) is 0 Å². The van der Waals surface area contributed by atoms with Crippen LogP contribution >= 0.6 is 0 Å². The van der Waals surface area contributed by atoms with E-state index < -0.39 is 5.09 Å². The maximum Gasteiger partial charge on any atom is 1.00 e. The quantitative estimate of drug-likeness (QED) is 0.252. The van der Waals surface area contributed by atoms with Gasteiger partial charge in [0.1, 0.15) is 0 Å². The van der Waals surface area contributed by atoms with E-state index >= 15 is 0 Å². The third-order valence-corrected chi connectivity index (χ3v) is 0.183. The fourth-order valence-corrected chi connectivity index (χ4v) is 0. The van der Waals surface area contributed by atoms with Gasteiger partial charge in [-0.3, -0.25) is 0 Å². The molecule has 0 aromatic rings. The summed E-state index contributed by atoms with van der Waals surface area (Å²) in [6, 6.07) is 0. The molecule has 4 nitrogen and oxygen atoms in total. The standard InChI is InChI=1S/Ag.HNO3S/c;2-1(3)4-5/h;5H/q+1;/p-1. The van der Waals surface area contributed by atoms with Crippen molar-refractivity contribution >= 4 is 12.9 Å². The summed E-state index contributed by atoms with van der Waals surface area (Å²) >= 11 is 3.48. The van der Waals surface area contributed by atoms with Crippen LogP contribution in [-0.4, -0.2) is 5.09 Å². The Hall–Kier alpha value is 0.290. The van der Waals surface area contributed by atoms with Gasteiger partial charge in [0.05, 0.1) is 0 Å². The Labute approximate surface area is 55.1 Å².